The fraction of sp³-hybridized carbons (Fsp3) is 1.00. The van der Waals surface area contributed by atoms with Crippen molar-refractivity contribution >= 4 is 0 Å². The highest BCUT2D eigenvalue weighted by molar-refractivity contribution is 4.93. The van der Waals surface area contributed by atoms with E-state index in [1.165, 1.54) is 25.7 Å². The van der Waals surface area contributed by atoms with E-state index in [4.69, 9.17) is 4.74 Å². The molecule has 0 radical (unpaired) electrons. The highest BCUT2D eigenvalue weighted by Crippen LogP contribution is 2.27. The molecule has 0 spiro atoms. The van der Waals surface area contributed by atoms with Crippen LogP contribution in [-0.2, 0) is 4.74 Å². The molecule has 0 amide bonds. The second-order valence-electron chi connectivity index (χ2n) is 5.72. The highest BCUT2D eigenvalue weighted by atomic mass is 16.5. The van der Waals surface area contributed by atoms with E-state index in [1.54, 1.807) is 0 Å². The van der Waals surface area contributed by atoms with Gasteiger partial charge in [0, 0.05) is 25.6 Å². The molecule has 1 aliphatic heterocycles. The van der Waals surface area contributed by atoms with Crippen LogP contribution in [0.5, 0.6) is 0 Å². The Balaban J connectivity index is 1.78. The molecule has 0 aromatic carbocycles. The first-order valence-electron chi connectivity index (χ1n) is 6.67. The van der Waals surface area contributed by atoms with Crippen molar-refractivity contribution < 1.29 is 9.84 Å². The molecule has 0 bridgehead atoms. The Morgan fingerprint density at radius 2 is 2.19 bits per heavy atom. The van der Waals surface area contributed by atoms with E-state index in [1.807, 2.05) is 6.92 Å². The minimum Gasteiger partial charge on any atom is -0.386 e. The van der Waals surface area contributed by atoms with Crippen molar-refractivity contribution in [1.29, 1.82) is 0 Å². The third kappa shape index (κ3) is 2.76. The van der Waals surface area contributed by atoms with Gasteiger partial charge in [-0.15, -0.1) is 0 Å². The van der Waals surface area contributed by atoms with Crippen LogP contribution in [0.25, 0.3) is 0 Å². The van der Waals surface area contributed by atoms with Gasteiger partial charge in [0.1, 0.15) is 5.60 Å². The topological polar surface area (TPSA) is 41.5 Å². The molecular formula is C13H25NO2. The third-order valence-corrected chi connectivity index (χ3v) is 4.29. The van der Waals surface area contributed by atoms with Gasteiger partial charge in [0.2, 0.25) is 0 Å². The SMILES string of the molecule is CC1CCCC(NCC2(O)CCOC2C)C1. The zero-order valence-corrected chi connectivity index (χ0v) is 10.5. The highest BCUT2D eigenvalue weighted by Gasteiger charge is 2.39. The predicted molar refractivity (Wildman–Crippen MR) is 64.4 cm³/mol. The van der Waals surface area contributed by atoms with Crippen molar-refractivity contribution in [2.75, 3.05) is 13.2 Å². The van der Waals surface area contributed by atoms with Gasteiger partial charge in [-0.05, 0) is 25.7 Å². The lowest BCUT2D eigenvalue weighted by Gasteiger charge is -2.32. The number of rotatable bonds is 3. The van der Waals surface area contributed by atoms with E-state index >= 15 is 0 Å². The molecule has 2 fully saturated rings. The lowest BCUT2D eigenvalue weighted by atomic mass is 9.86. The van der Waals surface area contributed by atoms with Gasteiger partial charge in [-0.3, -0.25) is 0 Å². The van der Waals surface area contributed by atoms with Crippen LogP contribution >= 0.6 is 0 Å². The molecule has 16 heavy (non-hydrogen) atoms. The van der Waals surface area contributed by atoms with Crippen LogP contribution in [0, 0.1) is 5.92 Å². The van der Waals surface area contributed by atoms with E-state index in [-0.39, 0.29) is 6.10 Å². The summed E-state index contributed by atoms with van der Waals surface area (Å²) < 4.78 is 5.44. The van der Waals surface area contributed by atoms with E-state index < -0.39 is 5.60 Å². The average Bonchev–Trinajstić information content (AvgIpc) is 2.58. The normalized spacial score (nSPS) is 44.8. The summed E-state index contributed by atoms with van der Waals surface area (Å²) in [4.78, 5) is 0. The molecule has 1 saturated heterocycles. The van der Waals surface area contributed by atoms with Crippen LogP contribution in [0.2, 0.25) is 0 Å². The monoisotopic (exact) mass is 227 g/mol. The van der Waals surface area contributed by atoms with Crippen molar-refractivity contribution in [3.8, 4) is 0 Å². The Labute approximate surface area is 98.6 Å². The third-order valence-electron chi connectivity index (χ3n) is 4.29. The van der Waals surface area contributed by atoms with Gasteiger partial charge in [-0.1, -0.05) is 19.8 Å². The van der Waals surface area contributed by atoms with E-state index in [0.29, 0.717) is 19.2 Å². The molecule has 94 valence electrons. The van der Waals surface area contributed by atoms with E-state index in [0.717, 1.165) is 12.3 Å². The summed E-state index contributed by atoms with van der Waals surface area (Å²) in [6.07, 6.45) is 5.94. The Hall–Kier alpha value is -0.120. The van der Waals surface area contributed by atoms with Crippen LogP contribution < -0.4 is 5.32 Å². The smallest absolute Gasteiger partial charge is 0.105 e. The van der Waals surface area contributed by atoms with E-state index in [2.05, 4.69) is 12.2 Å². The molecule has 1 saturated carbocycles. The Morgan fingerprint density at radius 3 is 2.81 bits per heavy atom. The summed E-state index contributed by atoms with van der Waals surface area (Å²) in [5.74, 6) is 0.832. The van der Waals surface area contributed by atoms with Crippen LogP contribution in [0.1, 0.15) is 46.0 Å². The standard InChI is InChI=1S/C13H25NO2/c1-10-4-3-5-12(8-10)14-9-13(15)6-7-16-11(13)2/h10-12,14-15H,3-9H2,1-2H3. The van der Waals surface area contributed by atoms with Crippen molar-refractivity contribution in [2.24, 2.45) is 5.92 Å². The molecule has 0 aromatic rings. The maximum atomic E-state index is 10.4. The van der Waals surface area contributed by atoms with Gasteiger partial charge in [-0.2, -0.15) is 0 Å². The zero-order valence-electron chi connectivity index (χ0n) is 10.5. The number of aliphatic hydroxyl groups is 1. The number of nitrogens with one attached hydrogen (secondary N) is 1. The summed E-state index contributed by atoms with van der Waals surface area (Å²) >= 11 is 0. The quantitative estimate of drug-likeness (QED) is 0.771. The average molecular weight is 227 g/mol. The van der Waals surface area contributed by atoms with E-state index in [9.17, 15) is 5.11 Å². The largest absolute Gasteiger partial charge is 0.386 e. The Morgan fingerprint density at radius 1 is 1.38 bits per heavy atom. The molecule has 1 aliphatic carbocycles. The summed E-state index contributed by atoms with van der Waals surface area (Å²) in [6, 6.07) is 0.598. The molecule has 4 atom stereocenters. The first-order chi connectivity index (χ1) is 7.60. The second kappa shape index (κ2) is 5.03. The summed E-state index contributed by atoms with van der Waals surface area (Å²) in [7, 11) is 0. The minimum absolute atomic E-state index is 0.0268. The number of hydrogen-bond donors (Lipinski definition) is 2. The van der Waals surface area contributed by atoms with Gasteiger partial charge in [0.25, 0.3) is 0 Å². The summed E-state index contributed by atoms with van der Waals surface area (Å²) in [5.41, 5.74) is -0.638. The van der Waals surface area contributed by atoms with Crippen molar-refractivity contribution in [1.82, 2.24) is 5.32 Å². The van der Waals surface area contributed by atoms with Gasteiger partial charge < -0.3 is 15.2 Å². The first-order valence-corrected chi connectivity index (χ1v) is 6.67. The summed E-state index contributed by atoms with van der Waals surface area (Å²) in [5, 5.41) is 13.9. The Bertz CT molecular complexity index is 234. The molecule has 0 aromatic heterocycles. The molecule has 2 aliphatic rings. The zero-order chi connectivity index (χ0) is 11.6. The van der Waals surface area contributed by atoms with Gasteiger partial charge in [0.05, 0.1) is 6.10 Å². The number of hydrogen-bond acceptors (Lipinski definition) is 3. The lowest BCUT2D eigenvalue weighted by molar-refractivity contribution is -0.0285. The maximum absolute atomic E-state index is 10.4. The molecule has 2 N–H and O–H groups in total. The van der Waals surface area contributed by atoms with Crippen LogP contribution in [-0.4, -0.2) is 36.0 Å². The Kier molecular flexibility index (Phi) is 3.88. The molecule has 2 rings (SSSR count). The predicted octanol–water partition coefficient (Wildman–Crippen LogP) is 1.69. The second-order valence-corrected chi connectivity index (χ2v) is 5.72. The molecular weight excluding hydrogens is 202 g/mol. The van der Waals surface area contributed by atoms with Crippen molar-refractivity contribution in [2.45, 2.75) is 63.7 Å². The fourth-order valence-electron chi connectivity index (χ4n) is 2.94. The molecule has 4 unspecified atom stereocenters. The minimum atomic E-state index is -0.638. The van der Waals surface area contributed by atoms with Gasteiger partial charge in [-0.25, -0.2) is 0 Å². The molecule has 1 heterocycles. The van der Waals surface area contributed by atoms with Crippen molar-refractivity contribution in [3.05, 3.63) is 0 Å². The van der Waals surface area contributed by atoms with Crippen molar-refractivity contribution in [3.63, 3.8) is 0 Å². The number of ether oxygens (including phenoxy) is 1. The first kappa shape index (κ1) is 12.3. The van der Waals surface area contributed by atoms with Crippen LogP contribution in [0.15, 0.2) is 0 Å². The molecule has 3 heteroatoms. The summed E-state index contributed by atoms with van der Waals surface area (Å²) in [6.45, 7) is 5.67. The van der Waals surface area contributed by atoms with Crippen LogP contribution in [0.4, 0.5) is 0 Å². The fourth-order valence-corrected chi connectivity index (χ4v) is 2.94. The molecule has 3 nitrogen and oxygen atoms in total. The van der Waals surface area contributed by atoms with Gasteiger partial charge >= 0.3 is 0 Å². The van der Waals surface area contributed by atoms with Gasteiger partial charge in [0.15, 0.2) is 0 Å². The van der Waals surface area contributed by atoms with Crippen LogP contribution in [0.3, 0.4) is 0 Å². The lowest BCUT2D eigenvalue weighted by Crippen LogP contribution is -2.49. The maximum Gasteiger partial charge on any atom is 0.105 e.